The number of carbonyl (C=O) groups is 1. The molecule has 0 radical (unpaired) electrons. The molecule has 0 fully saturated rings. The molecule has 2 amide bonds. The number of aromatic nitrogens is 5. The summed E-state index contributed by atoms with van der Waals surface area (Å²) < 4.78 is 24.2. The SMILES string of the molecule is COc1ccc(CN(Cc2ccc(OC)cc2)c2nc(C)nc(-c3cccnc3Nc3ccc(NC(=O)Nc4cccc(F)c4)nc3)n2)cc1. The number of amides is 2. The van der Waals surface area contributed by atoms with Crippen LogP contribution >= 0.6 is 0 Å². The number of nitrogens with zero attached hydrogens (tertiary/aromatic N) is 6. The van der Waals surface area contributed by atoms with Gasteiger partial charge in [-0.25, -0.2) is 24.1 Å². The van der Waals surface area contributed by atoms with Crippen molar-refractivity contribution in [2.45, 2.75) is 20.0 Å². The minimum absolute atomic E-state index is 0.303. The molecule has 0 aliphatic rings. The van der Waals surface area contributed by atoms with Crippen molar-refractivity contribution in [3.8, 4) is 22.9 Å². The van der Waals surface area contributed by atoms with Crippen LogP contribution < -0.4 is 30.3 Å². The molecule has 6 aromatic rings. The molecule has 0 aliphatic heterocycles. The molecular formula is C37H34FN9O3. The Bertz CT molecular complexity index is 2010. The van der Waals surface area contributed by atoms with Crippen molar-refractivity contribution in [2.24, 2.45) is 0 Å². The molecule has 3 heterocycles. The van der Waals surface area contributed by atoms with E-state index in [1.54, 1.807) is 44.8 Å². The van der Waals surface area contributed by atoms with E-state index in [0.717, 1.165) is 22.6 Å². The first kappa shape index (κ1) is 33.3. The molecule has 3 aromatic heterocycles. The van der Waals surface area contributed by atoms with Crippen LogP contribution in [0.25, 0.3) is 11.4 Å². The molecule has 0 bridgehead atoms. The number of halogens is 1. The Morgan fingerprint density at radius 3 is 2.08 bits per heavy atom. The zero-order valence-corrected chi connectivity index (χ0v) is 27.6. The van der Waals surface area contributed by atoms with Crippen molar-refractivity contribution in [2.75, 3.05) is 35.1 Å². The summed E-state index contributed by atoms with van der Waals surface area (Å²) in [5, 5.41) is 8.50. The Morgan fingerprint density at radius 1 is 0.760 bits per heavy atom. The molecule has 0 unspecified atom stereocenters. The van der Waals surface area contributed by atoms with Gasteiger partial charge in [0.2, 0.25) is 5.95 Å². The lowest BCUT2D eigenvalue weighted by Gasteiger charge is -2.24. The second-order valence-corrected chi connectivity index (χ2v) is 11.1. The van der Waals surface area contributed by atoms with E-state index in [0.29, 0.717) is 59.3 Å². The van der Waals surface area contributed by atoms with Crippen molar-refractivity contribution in [3.63, 3.8) is 0 Å². The number of carbonyl (C=O) groups excluding carboxylic acids is 1. The fourth-order valence-electron chi connectivity index (χ4n) is 5.04. The van der Waals surface area contributed by atoms with Gasteiger partial charge in [-0.2, -0.15) is 9.97 Å². The summed E-state index contributed by atoms with van der Waals surface area (Å²) >= 11 is 0. The Morgan fingerprint density at radius 2 is 1.46 bits per heavy atom. The molecule has 0 atom stereocenters. The van der Waals surface area contributed by atoms with Gasteiger partial charge in [0, 0.05) is 25.0 Å². The van der Waals surface area contributed by atoms with Crippen LogP contribution in [0.3, 0.4) is 0 Å². The van der Waals surface area contributed by atoms with Crippen LogP contribution in [-0.2, 0) is 13.1 Å². The predicted molar refractivity (Wildman–Crippen MR) is 190 cm³/mol. The smallest absolute Gasteiger partial charge is 0.324 e. The third-order valence-corrected chi connectivity index (χ3v) is 7.48. The summed E-state index contributed by atoms with van der Waals surface area (Å²) in [6.45, 7) is 2.89. The van der Waals surface area contributed by atoms with Gasteiger partial charge in [-0.3, -0.25) is 5.32 Å². The fourth-order valence-corrected chi connectivity index (χ4v) is 5.04. The normalized spacial score (nSPS) is 10.6. The number of rotatable bonds is 12. The van der Waals surface area contributed by atoms with Crippen molar-refractivity contribution in [3.05, 3.63) is 132 Å². The van der Waals surface area contributed by atoms with Gasteiger partial charge in [-0.15, -0.1) is 0 Å². The number of ether oxygens (including phenoxy) is 2. The van der Waals surface area contributed by atoms with Crippen molar-refractivity contribution >= 4 is 35.0 Å². The van der Waals surface area contributed by atoms with Crippen molar-refractivity contribution < 1.29 is 18.7 Å². The van der Waals surface area contributed by atoms with E-state index in [2.05, 4.69) is 35.8 Å². The minimum Gasteiger partial charge on any atom is -0.497 e. The summed E-state index contributed by atoms with van der Waals surface area (Å²) in [5.41, 5.74) is 3.71. The van der Waals surface area contributed by atoms with Crippen molar-refractivity contribution in [1.82, 2.24) is 24.9 Å². The van der Waals surface area contributed by atoms with Crippen LogP contribution in [-0.4, -0.2) is 45.2 Å². The summed E-state index contributed by atoms with van der Waals surface area (Å²) in [6.07, 6.45) is 3.23. The maximum atomic E-state index is 13.5. The lowest BCUT2D eigenvalue weighted by atomic mass is 10.1. The Kier molecular flexibility index (Phi) is 10.3. The van der Waals surface area contributed by atoms with Crippen molar-refractivity contribution in [1.29, 1.82) is 0 Å². The first-order chi connectivity index (χ1) is 24.3. The molecule has 0 aliphatic carbocycles. The highest BCUT2D eigenvalue weighted by Crippen LogP contribution is 2.28. The third-order valence-electron chi connectivity index (χ3n) is 7.48. The van der Waals surface area contributed by atoms with Gasteiger partial charge in [0.05, 0.1) is 31.7 Å². The monoisotopic (exact) mass is 671 g/mol. The summed E-state index contributed by atoms with van der Waals surface area (Å²) in [4.78, 5) is 37.7. The van der Waals surface area contributed by atoms with Crippen LogP contribution in [0.1, 0.15) is 17.0 Å². The van der Waals surface area contributed by atoms with E-state index in [-0.39, 0.29) is 0 Å². The average molecular weight is 672 g/mol. The number of anilines is 5. The van der Waals surface area contributed by atoms with E-state index in [1.165, 1.54) is 18.2 Å². The van der Waals surface area contributed by atoms with Gasteiger partial charge in [0.15, 0.2) is 5.82 Å². The van der Waals surface area contributed by atoms with E-state index in [4.69, 9.17) is 19.4 Å². The first-order valence-corrected chi connectivity index (χ1v) is 15.6. The van der Waals surface area contributed by atoms with Crippen LogP contribution in [0.5, 0.6) is 11.5 Å². The second-order valence-electron chi connectivity index (χ2n) is 11.1. The predicted octanol–water partition coefficient (Wildman–Crippen LogP) is 7.39. The van der Waals surface area contributed by atoms with Crippen LogP contribution in [0.15, 0.2) is 109 Å². The van der Waals surface area contributed by atoms with Gasteiger partial charge in [0.25, 0.3) is 0 Å². The quantitative estimate of drug-likeness (QED) is 0.121. The molecule has 3 N–H and O–H groups in total. The number of urea groups is 1. The molecule has 0 spiro atoms. The van der Waals surface area contributed by atoms with Gasteiger partial charge >= 0.3 is 6.03 Å². The fraction of sp³-hybridized carbons (Fsp3) is 0.135. The number of aryl methyl sites for hydroxylation is 1. The van der Waals surface area contributed by atoms with E-state index >= 15 is 0 Å². The Balaban J connectivity index is 1.23. The van der Waals surface area contributed by atoms with E-state index in [1.807, 2.05) is 67.6 Å². The first-order valence-electron chi connectivity index (χ1n) is 15.6. The third kappa shape index (κ3) is 8.63. The summed E-state index contributed by atoms with van der Waals surface area (Å²) in [6, 6.07) is 27.9. The maximum Gasteiger partial charge on any atom is 0.324 e. The standard InChI is InChI=1S/C37H34FN9O3/c1-24-41-35(46-36(42-24)47(22-25-9-14-30(49-2)15-10-25)23-26-11-16-31(50-3)17-12-26)32-8-5-19-39-34(32)43-29-13-18-33(40-21-29)45-37(48)44-28-7-4-6-27(38)20-28/h4-21H,22-23H2,1-3H3,(H,39,43)(H2,40,44,45,48). The second kappa shape index (κ2) is 15.5. The Labute approximate surface area is 288 Å². The highest BCUT2D eigenvalue weighted by Gasteiger charge is 2.18. The summed E-state index contributed by atoms with van der Waals surface area (Å²) in [7, 11) is 3.28. The number of benzene rings is 3. The van der Waals surface area contributed by atoms with Gasteiger partial charge < -0.3 is 25.0 Å². The van der Waals surface area contributed by atoms with Crippen LogP contribution in [0.4, 0.5) is 38.1 Å². The molecule has 0 saturated heterocycles. The number of methoxy groups -OCH3 is 2. The molecular weight excluding hydrogens is 637 g/mol. The number of hydrogen-bond acceptors (Lipinski definition) is 10. The largest absolute Gasteiger partial charge is 0.497 e. The van der Waals surface area contributed by atoms with Gasteiger partial charge in [0.1, 0.15) is 34.8 Å². The molecule has 13 heteroatoms. The topological polar surface area (TPSA) is 139 Å². The molecule has 3 aromatic carbocycles. The van der Waals surface area contributed by atoms with Gasteiger partial charge in [-0.1, -0.05) is 30.3 Å². The maximum absolute atomic E-state index is 13.5. The molecule has 12 nitrogen and oxygen atoms in total. The molecule has 0 saturated carbocycles. The molecule has 6 rings (SSSR count). The zero-order valence-electron chi connectivity index (χ0n) is 27.6. The lowest BCUT2D eigenvalue weighted by Crippen LogP contribution is -2.25. The molecule has 50 heavy (non-hydrogen) atoms. The van der Waals surface area contributed by atoms with Gasteiger partial charge in [-0.05, 0) is 84.8 Å². The minimum atomic E-state index is -0.551. The summed E-state index contributed by atoms with van der Waals surface area (Å²) in [5.74, 6) is 3.40. The van der Waals surface area contributed by atoms with Crippen LogP contribution in [0, 0.1) is 12.7 Å². The number of nitrogens with one attached hydrogen (secondary N) is 3. The van der Waals surface area contributed by atoms with E-state index in [9.17, 15) is 9.18 Å². The average Bonchev–Trinajstić information content (AvgIpc) is 3.13. The highest BCUT2D eigenvalue weighted by molar-refractivity contribution is 5.99. The zero-order chi connectivity index (χ0) is 34.9. The van der Waals surface area contributed by atoms with E-state index < -0.39 is 11.8 Å². The molecule has 252 valence electrons. The van der Waals surface area contributed by atoms with Crippen LogP contribution in [0.2, 0.25) is 0 Å². The number of hydrogen-bond donors (Lipinski definition) is 3. The lowest BCUT2D eigenvalue weighted by molar-refractivity contribution is 0.262. The highest BCUT2D eigenvalue weighted by atomic mass is 19.1. The Hall–Kier alpha value is -6.63. The number of pyridine rings is 2.